The van der Waals surface area contributed by atoms with Crippen LogP contribution in [0.25, 0.3) is 0 Å². The third-order valence-corrected chi connectivity index (χ3v) is 3.36. The van der Waals surface area contributed by atoms with Crippen molar-refractivity contribution in [3.05, 3.63) is 34.9 Å². The summed E-state index contributed by atoms with van der Waals surface area (Å²) in [6.07, 6.45) is 0.825. The van der Waals surface area contributed by atoms with E-state index in [2.05, 4.69) is 5.32 Å². The maximum atomic E-state index is 12.1. The first-order valence-corrected chi connectivity index (χ1v) is 7.85. The van der Waals surface area contributed by atoms with Gasteiger partial charge >= 0.3 is 0 Å². The van der Waals surface area contributed by atoms with E-state index in [1.165, 1.54) is 18.2 Å². The lowest BCUT2D eigenvalue weighted by atomic mass is 9.97. The van der Waals surface area contributed by atoms with E-state index < -0.39 is 5.91 Å². The van der Waals surface area contributed by atoms with Gasteiger partial charge in [0.2, 0.25) is 0 Å². The Bertz CT molecular complexity index is 491. The van der Waals surface area contributed by atoms with Gasteiger partial charge in [0, 0.05) is 49.3 Å². The van der Waals surface area contributed by atoms with Crippen LogP contribution in [0.4, 0.5) is 0 Å². The lowest BCUT2D eigenvalue weighted by molar-refractivity contribution is 0.0944. The fourth-order valence-electron chi connectivity index (χ4n) is 2.12. The van der Waals surface area contributed by atoms with Crippen LogP contribution >= 0.6 is 0 Å². The van der Waals surface area contributed by atoms with Crippen molar-refractivity contribution in [2.45, 2.75) is 25.7 Å². The summed E-state index contributed by atoms with van der Waals surface area (Å²) in [4.78, 5) is 36.4. The SMILES string of the molecule is O=C(CCCO)c1cc(C(=O)CCCO)cc(C(=O)NCCO)c1. The van der Waals surface area contributed by atoms with E-state index in [-0.39, 0.29) is 67.5 Å². The minimum atomic E-state index is -0.489. The number of ketones is 2. The van der Waals surface area contributed by atoms with E-state index in [9.17, 15) is 14.4 Å². The zero-order chi connectivity index (χ0) is 17.9. The Kier molecular flexibility index (Phi) is 8.85. The topological polar surface area (TPSA) is 124 Å². The number of carbonyl (C=O) groups is 3. The molecular formula is C17H23NO6. The lowest BCUT2D eigenvalue weighted by Gasteiger charge is -2.09. The Labute approximate surface area is 140 Å². The number of aliphatic hydroxyl groups excluding tert-OH is 3. The highest BCUT2D eigenvalue weighted by Crippen LogP contribution is 2.16. The third kappa shape index (κ3) is 6.19. The highest BCUT2D eigenvalue weighted by molar-refractivity contribution is 6.05. The van der Waals surface area contributed by atoms with E-state index in [0.717, 1.165) is 0 Å². The number of carbonyl (C=O) groups excluding carboxylic acids is 3. The molecule has 0 aliphatic carbocycles. The van der Waals surface area contributed by atoms with Gasteiger partial charge in [0.05, 0.1) is 6.61 Å². The molecule has 0 radical (unpaired) electrons. The second-order valence-corrected chi connectivity index (χ2v) is 5.28. The van der Waals surface area contributed by atoms with E-state index in [4.69, 9.17) is 15.3 Å². The molecule has 0 atom stereocenters. The fourth-order valence-corrected chi connectivity index (χ4v) is 2.12. The molecule has 0 saturated heterocycles. The van der Waals surface area contributed by atoms with Crippen molar-refractivity contribution >= 4 is 17.5 Å². The third-order valence-electron chi connectivity index (χ3n) is 3.36. The smallest absolute Gasteiger partial charge is 0.251 e. The molecule has 0 aliphatic heterocycles. The molecule has 0 aromatic heterocycles. The van der Waals surface area contributed by atoms with Gasteiger partial charge in [-0.05, 0) is 31.0 Å². The Hall–Kier alpha value is -2.09. The van der Waals surface area contributed by atoms with E-state index >= 15 is 0 Å². The highest BCUT2D eigenvalue weighted by atomic mass is 16.3. The van der Waals surface area contributed by atoms with Crippen LogP contribution in [0, 0.1) is 0 Å². The first-order valence-electron chi connectivity index (χ1n) is 7.85. The van der Waals surface area contributed by atoms with Gasteiger partial charge in [-0.1, -0.05) is 0 Å². The van der Waals surface area contributed by atoms with Crippen LogP contribution in [-0.4, -0.2) is 59.2 Å². The van der Waals surface area contributed by atoms with Gasteiger partial charge in [0.1, 0.15) is 0 Å². The fraction of sp³-hybridized carbons (Fsp3) is 0.471. The van der Waals surface area contributed by atoms with Crippen molar-refractivity contribution in [1.82, 2.24) is 5.32 Å². The summed E-state index contributed by atoms with van der Waals surface area (Å²) >= 11 is 0. The number of benzene rings is 1. The van der Waals surface area contributed by atoms with Gasteiger partial charge in [0.15, 0.2) is 11.6 Å². The largest absolute Gasteiger partial charge is 0.396 e. The van der Waals surface area contributed by atoms with Crippen LogP contribution in [0.3, 0.4) is 0 Å². The van der Waals surface area contributed by atoms with Gasteiger partial charge in [-0.25, -0.2) is 0 Å². The van der Waals surface area contributed by atoms with Gasteiger partial charge in [-0.3, -0.25) is 14.4 Å². The Morgan fingerprint density at radius 2 is 1.21 bits per heavy atom. The van der Waals surface area contributed by atoms with Crippen LogP contribution in [0.15, 0.2) is 18.2 Å². The number of amides is 1. The minimum Gasteiger partial charge on any atom is -0.396 e. The van der Waals surface area contributed by atoms with Crippen molar-refractivity contribution in [1.29, 1.82) is 0 Å². The molecule has 0 spiro atoms. The molecule has 1 rings (SSSR count). The monoisotopic (exact) mass is 337 g/mol. The predicted octanol–water partition coefficient (Wildman–Crippen LogP) is 0.319. The molecule has 0 bridgehead atoms. The van der Waals surface area contributed by atoms with Gasteiger partial charge in [0.25, 0.3) is 5.91 Å². The standard InChI is InChI=1S/C17H23NO6/c19-6-1-3-15(22)12-9-13(16(23)4-2-7-20)11-14(10-12)17(24)18-5-8-21/h9-11,19-21H,1-8H2,(H,18,24). The zero-order valence-electron chi connectivity index (χ0n) is 13.5. The molecule has 7 heteroatoms. The quantitative estimate of drug-likeness (QED) is 0.431. The van der Waals surface area contributed by atoms with Crippen molar-refractivity contribution in [2.24, 2.45) is 0 Å². The molecule has 1 aromatic rings. The maximum Gasteiger partial charge on any atom is 0.251 e. The number of rotatable bonds is 11. The molecule has 4 N–H and O–H groups in total. The molecule has 7 nitrogen and oxygen atoms in total. The number of aliphatic hydroxyl groups is 3. The van der Waals surface area contributed by atoms with Crippen LogP contribution in [0.2, 0.25) is 0 Å². The molecule has 0 saturated carbocycles. The summed E-state index contributed by atoms with van der Waals surface area (Å²) in [6, 6.07) is 4.23. The summed E-state index contributed by atoms with van der Waals surface area (Å²) < 4.78 is 0. The number of hydrogen-bond donors (Lipinski definition) is 4. The second kappa shape index (κ2) is 10.6. The van der Waals surface area contributed by atoms with E-state index in [1.807, 2.05) is 0 Å². The molecule has 0 aliphatic rings. The van der Waals surface area contributed by atoms with Gasteiger partial charge in [-0.15, -0.1) is 0 Å². The average Bonchev–Trinajstić information content (AvgIpc) is 2.61. The second-order valence-electron chi connectivity index (χ2n) is 5.28. The van der Waals surface area contributed by atoms with Crippen molar-refractivity contribution in [3.63, 3.8) is 0 Å². The lowest BCUT2D eigenvalue weighted by Crippen LogP contribution is -2.27. The molecule has 0 heterocycles. The summed E-state index contributed by atoms with van der Waals surface area (Å²) in [5.74, 6) is -1.02. The Morgan fingerprint density at radius 3 is 1.62 bits per heavy atom. The van der Waals surface area contributed by atoms with Crippen LogP contribution < -0.4 is 5.32 Å². The average molecular weight is 337 g/mol. The summed E-state index contributed by atoms with van der Waals surface area (Å²) in [5.41, 5.74) is 0.616. The first kappa shape index (κ1) is 20.0. The molecular weight excluding hydrogens is 314 g/mol. The normalized spacial score (nSPS) is 10.5. The Morgan fingerprint density at radius 1 is 0.750 bits per heavy atom. The molecule has 0 fully saturated rings. The molecule has 0 unspecified atom stereocenters. The predicted molar refractivity (Wildman–Crippen MR) is 87.2 cm³/mol. The van der Waals surface area contributed by atoms with Crippen molar-refractivity contribution in [3.8, 4) is 0 Å². The summed E-state index contributed by atoms with van der Waals surface area (Å²) in [6.45, 7) is -0.395. The minimum absolute atomic E-state index is 0.0648. The maximum absolute atomic E-state index is 12.1. The van der Waals surface area contributed by atoms with Crippen LogP contribution in [-0.2, 0) is 0 Å². The zero-order valence-corrected chi connectivity index (χ0v) is 13.5. The number of hydrogen-bond acceptors (Lipinski definition) is 6. The van der Waals surface area contributed by atoms with Gasteiger partial charge in [-0.2, -0.15) is 0 Å². The van der Waals surface area contributed by atoms with Crippen LogP contribution in [0.5, 0.6) is 0 Å². The number of nitrogens with one attached hydrogen (secondary N) is 1. The van der Waals surface area contributed by atoms with E-state index in [0.29, 0.717) is 12.8 Å². The molecule has 1 aromatic carbocycles. The highest BCUT2D eigenvalue weighted by Gasteiger charge is 2.16. The van der Waals surface area contributed by atoms with E-state index in [1.54, 1.807) is 0 Å². The Balaban J connectivity index is 3.11. The molecule has 24 heavy (non-hydrogen) atoms. The van der Waals surface area contributed by atoms with Crippen molar-refractivity contribution < 1.29 is 29.7 Å². The van der Waals surface area contributed by atoms with Crippen molar-refractivity contribution in [2.75, 3.05) is 26.4 Å². The van der Waals surface area contributed by atoms with Gasteiger partial charge < -0.3 is 20.6 Å². The summed E-state index contributed by atoms with van der Waals surface area (Å²) in [5, 5.41) is 28.9. The first-order chi connectivity index (χ1) is 11.5. The summed E-state index contributed by atoms with van der Waals surface area (Å²) in [7, 11) is 0. The molecule has 132 valence electrons. The number of Topliss-reactive ketones (excluding diaryl/α,β-unsaturated/α-hetero) is 2. The van der Waals surface area contributed by atoms with Crippen LogP contribution in [0.1, 0.15) is 56.8 Å². The molecule has 1 amide bonds.